The van der Waals surface area contributed by atoms with Crippen molar-refractivity contribution in [1.82, 2.24) is 14.5 Å². The molecule has 1 aromatic heterocycles. The molecule has 0 aliphatic carbocycles. The zero-order valence-electron chi connectivity index (χ0n) is 19.7. The van der Waals surface area contributed by atoms with Gasteiger partial charge in [0.2, 0.25) is 0 Å². The van der Waals surface area contributed by atoms with Crippen molar-refractivity contribution < 1.29 is 22.4 Å². The van der Waals surface area contributed by atoms with Gasteiger partial charge in [-0.15, -0.1) is 0 Å². The number of anilines is 1. The van der Waals surface area contributed by atoms with Gasteiger partial charge in [-0.1, -0.05) is 42.8 Å². The Labute approximate surface area is 214 Å². The van der Waals surface area contributed by atoms with E-state index in [1.165, 1.54) is 40.8 Å². The summed E-state index contributed by atoms with van der Waals surface area (Å²) >= 11 is 5.98. The third-order valence-electron chi connectivity index (χ3n) is 5.91. The van der Waals surface area contributed by atoms with Crippen molar-refractivity contribution in [3.63, 3.8) is 0 Å². The molecule has 0 saturated heterocycles. The number of nitrogens with one attached hydrogen (secondary N) is 1. The fourth-order valence-corrected chi connectivity index (χ4v) is 4.24. The van der Waals surface area contributed by atoms with Crippen LogP contribution in [-0.4, -0.2) is 27.5 Å². The number of hydrogen-bond acceptors (Lipinski definition) is 3. The van der Waals surface area contributed by atoms with Crippen LogP contribution in [0.15, 0.2) is 71.5 Å². The van der Waals surface area contributed by atoms with Gasteiger partial charge in [-0.05, 0) is 48.9 Å². The number of urea groups is 1. The number of halogens is 5. The number of para-hydroxylation sites is 2. The molecule has 0 aliphatic rings. The monoisotopic (exact) mass is 532 g/mol. The minimum Gasteiger partial charge on any atom is -0.317 e. The molecule has 192 valence electrons. The highest BCUT2D eigenvalue weighted by atomic mass is 35.5. The van der Waals surface area contributed by atoms with Gasteiger partial charge in [0.05, 0.1) is 38.9 Å². The van der Waals surface area contributed by atoms with Crippen molar-refractivity contribution in [2.24, 2.45) is 0 Å². The molecule has 2 amide bonds. The van der Waals surface area contributed by atoms with Gasteiger partial charge in [0.1, 0.15) is 11.6 Å². The topological polar surface area (TPSA) is 67.2 Å². The third-order valence-corrected chi connectivity index (χ3v) is 6.20. The van der Waals surface area contributed by atoms with Crippen LogP contribution >= 0.6 is 11.6 Å². The van der Waals surface area contributed by atoms with Crippen LogP contribution in [0.4, 0.5) is 28.0 Å². The second-order valence-corrected chi connectivity index (χ2v) is 8.64. The summed E-state index contributed by atoms with van der Waals surface area (Å²) in [6.45, 7) is 1.74. The molecule has 1 N–H and O–H groups in total. The average Bonchev–Trinajstić information content (AvgIpc) is 2.86. The molecule has 0 spiro atoms. The molecule has 0 bridgehead atoms. The molecule has 0 aliphatic heterocycles. The molecular formula is C26H21ClF4N4O2. The minimum absolute atomic E-state index is 0.135. The fraction of sp³-hybridized carbons (Fsp3) is 0.192. The summed E-state index contributed by atoms with van der Waals surface area (Å²) in [5.41, 5.74) is -1.29. The first-order chi connectivity index (χ1) is 17.5. The molecule has 1 atom stereocenters. The number of carbonyl (C=O) groups excluding carboxylic acids is 1. The van der Waals surface area contributed by atoms with Crippen LogP contribution in [-0.2, 0) is 6.18 Å². The Bertz CT molecular complexity index is 1540. The SMILES string of the molecule is CCC(c1nc2ccccc2c(=O)n1-c1ccc(F)c(Cl)c1)N(C)C(=O)Nc1ccccc1C(F)(F)F. The zero-order valence-corrected chi connectivity index (χ0v) is 20.4. The second-order valence-electron chi connectivity index (χ2n) is 8.23. The molecule has 1 unspecified atom stereocenters. The Hall–Kier alpha value is -3.92. The summed E-state index contributed by atoms with van der Waals surface area (Å²) in [6.07, 6.45) is -4.42. The van der Waals surface area contributed by atoms with Gasteiger partial charge in [0, 0.05) is 7.05 Å². The van der Waals surface area contributed by atoms with Crippen LogP contribution < -0.4 is 10.9 Å². The number of carbonyl (C=O) groups is 1. The Balaban J connectivity index is 1.82. The summed E-state index contributed by atoms with van der Waals surface area (Å²) in [7, 11) is 1.39. The molecule has 3 aromatic carbocycles. The number of fused-ring (bicyclic) bond motifs is 1. The van der Waals surface area contributed by atoms with Crippen LogP contribution in [0.5, 0.6) is 0 Å². The first kappa shape index (κ1) is 26.2. The number of benzene rings is 3. The standard InChI is InChI=1S/C26H21ClF4N4O2/c1-3-22(34(2)25(37)33-21-11-7-5-9-17(21)26(29,30)31)23-32-20-10-6-4-8-16(20)24(36)35(23)15-12-13-19(28)18(27)14-15/h4-14,22H,3H2,1-2H3,(H,33,37). The number of nitrogens with zero attached hydrogens (tertiary/aromatic N) is 3. The predicted molar refractivity (Wildman–Crippen MR) is 134 cm³/mol. The maximum absolute atomic E-state index is 13.9. The van der Waals surface area contributed by atoms with Gasteiger partial charge in [-0.25, -0.2) is 14.2 Å². The second kappa shape index (κ2) is 10.2. The minimum atomic E-state index is -4.67. The predicted octanol–water partition coefficient (Wildman–Crippen LogP) is 6.81. The third kappa shape index (κ3) is 5.15. The highest BCUT2D eigenvalue weighted by Gasteiger charge is 2.34. The van der Waals surface area contributed by atoms with Gasteiger partial charge in [0.25, 0.3) is 5.56 Å². The van der Waals surface area contributed by atoms with E-state index in [4.69, 9.17) is 11.6 Å². The molecule has 11 heteroatoms. The van der Waals surface area contributed by atoms with Crippen molar-refractivity contribution in [3.8, 4) is 5.69 Å². The van der Waals surface area contributed by atoms with Crippen LogP contribution in [0.2, 0.25) is 5.02 Å². The smallest absolute Gasteiger partial charge is 0.317 e. The molecule has 0 radical (unpaired) electrons. The zero-order chi connectivity index (χ0) is 26.9. The molecule has 0 fully saturated rings. The summed E-state index contributed by atoms with van der Waals surface area (Å²) in [6, 6.07) is 13.3. The lowest BCUT2D eigenvalue weighted by atomic mass is 10.1. The summed E-state index contributed by atoms with van der Waals surface area (Å²) in [4.78, 5) is 32.5. The van der Waals surface area contributed by atoms with E-state index in [-0.39, 0.29) is 28.3 Å². The summed E-state index contributed by atoms with van der Waals surface area (Å²) in [5.74, 6) is -0.545. The molecule has 6 nitrogen and oxygen atoms in total. The normalized spacial score (nSPS) is 12.4. The summed E-state index contributed by atoms with van der Waals surface area (Å²) < 4.78 is 55.4. The Kier molecular flexibility index (Phi) is 7.22. The van der Waals surface area contributed by atoms with E-state index in [1.54, 1.807) is 31.2 Å². The van der Waals surface area contributed by atoms with E-state index >= 15 is 0 Å². The average molecular weight is 533 g/mol. The van der Waals surface area contributed by atoms with Crippen molar-refractivity contribution in [2.45, 2.75) is 25.6 Å². The molecule has 37 heavy (non-hydrogen) atoms. The lowest BCUT2D eigenvalue weighted by molar-refractivity contribution is -0.136. The maximum Gasteiger partial charge on any atom is 0.418 e. The molecule has 0 saturated carbocycles. The molecule has 4 rings (SSSR count). The highest BCUT2D eigenvalue weighted by Crippen LogP contribution is 2.35. The largest absolute Gasteiger partial charge is 0.418 e. The number of hydrogen-bond donors (Lipinski definition) is 1. The molecule has 4 aromatic rings. The number of rotatable bonds is 5. The van der Waals surface area contributed by atoms with Gasteiger partial charge in [-0.3, -0.25) is 9.36 Å². The Morgan fingerprint density at radius 2 is 1.78 bits per heavy atom. The van der Waals surface area contributed by atoms with Crippen molar-refractivity contribution >= 4 is 34.2 Å². The van der Waals surface area contributed by atoms with E-state index in [2.05, 4.69) is 10.3 Å². The number of aromatic nitrogens is 2. The Morgan fingerprint density at radius 1 is 1.11 bits per heavy atom. The van der Waals surface area contributed by atoms with Gasteiger partial charge in [0.15, 0.2) is 0 Å². The van der Waals surface area contributed by atoms with Crippen LogP contribution in [0, 0.1) is 5.82 Å². The number of amides is 2. The van der Waals surface area contributed by atoms with E-state index in [0.29, 0.717) is 5.52 Å². The quantitative estimate of drug-likeness (QED) is 0.287. The summed E-state index contributed by atoms with van der Waals surface area (Å²) in [5, 5.41) is 2.38. The van der Waals surface area contributed by atoms with E-state index in [9.17, 15) is 27.2 Å². The first-order valence-corrected chi connectivity index (χ1v) is 11.6. The van der Waals surface area contributed by atoms with E-state index in [0.717, 1.165) is 18.2 Å². The van der Waals surface area contributed by atoms with Crippen LogP contribution in [0.25, 0.3) is 16.6 Å². The maximum atomic E-state index is 13.9. The van der Waals surface area contributed by atoms with Crippen LogP contribution in [0.3, 0.4) is 0 Å². The van der Waals surface area contributed by atoms with E-state index in [1.807, 2.05) is 0 Å². The van der Waals surface area contributed by atoms with Crippen LogP contribution in [0.1, 0.15) is 30.8 Å². The number of alkyl halides is 3. The van der Waals surface area contributed by atoms with Crippen molar-refractivity contribution in [1.29, 1.82) is 0 Å². The van der Waals surface area contributed by atoms with Gasteiger partial charge in [-0.2, -0.15) is 13.2 Å². The van der Waals surface area contributed by atoms with Crippen molar-refractivity contribution in [2.75, 3.05) is 12.4 Å². The Morgan fingerprint density at radius 3 is 2.46 bits per heavy atom. The fourth-order valence-electron chi connectivity index (χ4n) is 4.06. The van der Waals surface area contributed by atoms with E-state index < -0.39 is 40.9 Å². The molecular weight excluding hydrogens is 512 g/mol. The lowest BCUT2D eigenvalue weighted by Crippen LogP contribution is -2.38. The van der Waals surface area contributed by atoms with Gasteiger partial charge >= 0.3 is 12.2 Å². The van der Waals surface area contributed by atoms with Crippen molar-refractivity contribution in [3.05, 3.63) is 99.3 Å². The lowest BCUT2D eigenvalue weighted by Gasteiger charge is -2.29. The highest BCUT2D eigenvalue weighted by molar-refractivity contribution is 6.30. The van der Waals surface area contributed by atoms with Gasteiger partial charge < -0.3 is 10.2 Å². The molecule has 1 heterocycles. The first-order valence-electron chi connectivity index (χ1n) is 11.2.